The normalized spacial score (nSPS) is 9.65. The van der Waals surface area contributed by atoms with Gasteiger partial charge in [-0.2, -0.15) is 10.2 Å². The Labute approximate surface area is 115 Å². The van der Waals surface area contributed by atoms with Crippen molar-refractivity contribution >= 4 is 5.97 Å². The van der Waals surface area contributed by atoms with Crippen molar-refractivity contribution in [1.82, 2.24) is 9.97 Å². The average molecular weight is 269 g/mol. The van der Waals surface area contributed by atoms with Crippen LogP contribution in [0.25, 0.3) is 0 Å². The number of benzene rings is 1. The third-order valence-electron chi connectivity index (χ3n) is 2.43. The third-order valence-corrected chi connectivity index (χ3v) is 2.43. The van der Waals surface area contributed by atoms with E-state index in [-0.39, 0.29) is 11.7 Å². The molecule has 2 aromatic rings. The lowest BCUT2D eigenvalue weighted by atomic mass is 10.2. The van der Waals surface area contributed by atoms with Crippen LogP contribution in [0.5, 0.6) is 11.8 Å². The first kappa shape index (κ1) is 13.5. The van der Waals surface area contributed by atoms with Gasteiger partial charge in [-0.3, -0.25) is 0 Å². The summed E-state index contributed by atoms with van der Waals surface area (Å²) in [5.41, 5.74) is 1.29. The van der Waals surface area contributed by atoms with Gasteiger partial charge in [0, 0.05) is 5.69 Å². The van der Waals surface area contributed by atoms with Crippen molar-refractivity contribution in [3.05, 3.63) is 47.3 Å². The summed E-state index contributed by atoms with van der Waals surface area (Å²) in [6, 6.07) is 9.93. The highest BCUT2D eigenvalue weighted by Gasteiger charge is 2.07. The molecular formula is C14H11N3O3. The zero-order valence-electron chi connectivity index (χ0n) is 11.0. The van der Waals surface area contributed by atoms with Gasteiger partial charge in [0.1, 0.15) is 17.5 Å². The highest BCUT2D eigenvalue weighted by Crippen LogP contribution is 2.19. The van der Waals surface area contributed by atoms with Crippen LogP contribution in [0, 0.1) is 18.3 Å². The van der Waals surface area contributed by atoms with E-state index in [9.17, 15) is 4.79 Å². The minimum atomic E-state index is -0.421. The number of methoxy groups -OCH3 is 1. The van der Waals surface area contributed by atoms with Gasteiger partial charge in [-0.05, 0) is 37.3 Å². The number of hydrogen-bond donors (Lipinski definition) is 0. The standard InChI is InChI=1S/C14H11N3O3/c1-9-7-11(8-15)17-14(16-9)20-12-5-3-10(4-6-12)13(18)19-2/h3-7H,1-2H3. The maximum Gasteiger partial charge on any atom is 0.337 e. The van der Waals surface area contributed by atoms with Crippen molar-refractivity contribution in [2.75, 3.05) is 7.11 Å². The number of aromatic nitrogens is 2. The molecular weight excluding hydrogens is 258 g/mol. The minimum Gasteiger partial charge on any atom is -0.465 e. The minimum absolute atomic E-state index is 0.0902. The highest BCUT2D eigenvalue weighted by atomic mass is 16.5. The van der Waals surface area contributed by atoms with Crippen LogP contribution in [-0.2, 0) is 4.74 Å². The van der Waals surface area contributed by atoms with Crippen molar-refractivity contribution in [3.63, 3.8) is 0 Å². The Morgan fingerprint density at radius 2 is 1.95 bits per heavy atom. The summed E-state index contributed by atoms with van der Waals surface area (Å²) >= 11 is 0. The second-order valence-corrected chi connectivity index (χ2v) is 3.91. The molecule has 0 aliphatic carbocycles. The van der Waals surface area contributed by atoms with Gasteiger partial charge in [-0.25, -0.2) is 9.78 Å². The summed E-state index contributed by atoms with van der Waals surface area (Å²) in [4.78, 5) is 19.3. The summed E-state index contributed by atoms with van der Waals surface area (Å²) in [6.45, 7) is 1.75. The molecule has 100 valence electrons. The SMILES string of the molecule is COC(=O)c1ccc(Oc2nc(C)cc(C#N)n2)cc1. The number of carbonyl (C=O) groups excluding carboxylic acids is 1. The van der Waals surface area contributed by atoms with E-state index in [1.165, 1.54) is 7.11 Å². The fraction of sp³-hybridized carbons (Fsp3) is 0.143. The van der Waals surface area contributed by atoms with Crippen LogP contribution >= 0.6 is 0 Å². The molecule has 1 heterocycles. The van der Waals surface area contributed by atoms with Crippen LogP contribution < -0.4 is 4.74 Å². The molecule has 0 N–H and O–H groups in total. The molecule has 0 saturated heterocycles. The number of ether oxygens (including phenoxy) is 2. The lowest BCUT2D eigenvalue weighted by molar-refractivity contribution is 0.0600. The first-order chi connectivity index (χ1) is 9.62. The first-order valence-electron chi connectivity index (χ1n) is 5.74. The van der Waals surface area contributed by atoms with Gasteiger partial charge in [0.15, 0.2) is 0 Å². The Hall–Kier alpha value is -2.94. The summed E-state index contributed by atoms with van der Waals surface area (Å²) in [7, 11) is 1.32. The van der Waals surface area contributed by atoms with E-state index in [1.807, 2.05) is 6.07 Å². The van der Waals surface area contributed by atoms with Gasteiger partial charge in [-0.1, -0.05) is 0 Å². The fourth-order valence-electron chi connectivity index (χ4n) is 1.53. The highest BCUT2D eigenvalue weighted by molar-refractivity contribution is 5.89. The van der Waals surface area contributed by atoms with E-state index in [0.717, 1.165) is 0 Å². The summed E-state index contributed by atoms with van der Waals surface area (Å²) in [5, 5.41) is 8.83. The van der Waals surface area contributed by atoms with Crippen molar-refractivity contribution < 1.29 is 14.3 Å². The molecule has 0 spiro atoms. The van der Waals surface area contributed by atoms with Gasteiger partial charge >= 0.3 is 12.0 Å². The molecule has 6 heteroatoms. The van der Waals surface area contributed by atoms with Crippen molar-refractivity contribution in [2.24, 2.45) is 0 Å². The quantitative estimate of drug-likeness (QED) is 0.794. The molecule has 0 saturated carbocycles. The maximum atomic E-state index is 11.3. The lowest BCUT2D eigenvalue weighted by Crippen LogP contribution is -2.01. The van der Waals surface area contributed by atoms with Crippen molar-refractivity contribution in [2.45, 2.75) is 6.92 Å². The van der Waals surface area contributed by atoms with Crippen LogP contribution in [0.4, 0.5) is 0 Å². The number of esters is 1. The van der Waals surface area contributed by atoms with Crippen LogP contribution in [0.15, 0.2) is 30.3 Å². The number of nitriles is 1. The van der Waals surface area contributed by atoms with Crippen molar-refractivity contribution in [3.8, 4) is 17.8 Å². The fourth-order valence-corrected chi connectivity index (χ4v) is 1.53. The molecule has 1 aromatic carbocycles. The Bertz CT molecular complexity index is 675. The van der Waals surface area contributed by atoms with Crippen molar-refractivity contribution in [1.29, 1.82) is 5.26 Å². The molecule has 0 aliphatic heterocycles. The number of hydrogen-bond acceptors (Lipinski definition) is 6. The van der Waals surface area contributed by atoms with Gasteiger partial charge in [0.05, 0.1) is 12.7 Å². The molecule has 0 fully saturated rings. The first-order valence-corrected chi connectivity index (χ1v) is 5.74. The van der Waals surface area contributed by atoms with E-state index in [2.05, 4.69) is 14.7 Å². The largest absolute Gasteiger partial charge is 0.465 e. The average Bonchev–Trinajstić information content (AvgIpc) is 2.46. The molecule has 6 nitrogen and oxygen atoms in total. The molecule has 20 heavy (non-hydrogen) atoms. The molecule has 0 amide bonds. The van der Waals surface area contributed by atoms with E-state index in [4.69, 9.17) is 10.00 Å². The molecule has 0 aliphatic rings. The predicted octanol–water partition coefficient (Wildman–Crippen LogP) is 2.24. The van der Waals surface area contributed by atoms with Gasteiger partial charge < -0.3 is 9.47 Å². The van der Waals surface area contributed by atoms with Crippen LogP contribution in [0.1, 0.15) is 21.7 Å². The van der Waals surface area contributed by atoms with Crippen LogP contribution in [0.2, 0.25) is 0 Å². The maximum absolute atomic E-state index is 11.3. The number of carbonyl (C=O) groups is 1. The third kappa shape index (κ3) is 3.09. The molecule has 0 radical (unpaired) electrons. The zero-order chi connectivity index (χ0) is 14.5. The molecule has 0 atom stereocenters. The van der Waals surface area contributed by atoms with Gasteiger partial charge in [-0.15, -0.1) is 0 Å². The van der Waals surface area contributed by atoms with E-state index >= 15 is 0 Å². The second kappa shape index (κ2) is 5.80. The summed E-state index contributed by atoms with van der Waals surface area (Å²) < 4.78 is 10.0. The Morgan fingerprint density at radius 1 is 1.25 bits per heavy atom. The summed E-state index contributed by atoms with van der Waals surface area (Å²) in [6.07, 6.45) is 0. The Balaban J connectivity index is 2.20. The van der Waals surface area contributed by atoms with Crippen LogP contribution in [-0.4, -0.2) is 23.0 Å². The number of rotatable bonds is 3. The van der Waals surface area contributed by atoms with E-state index in [1.54, 1.807) is 37.3 Å². The van der Waals surface area contributed by atoms with E-state index in [0.29, 0.717) is 17.0 Å². The monoisotopic (exact) mass is 269 g/mol. The van der Waals surface area contributed by atoms with E-state index < -0.39 is 5.97 Å². The topological polar surface area (TPSA) is 85.1 Å². The molecule has 1 aromatic heterocycles. The Kier molecular flexibility index (Phi) is 3.91. The molecule has 2 rings (SSSR count). The number of aryl methyl sites for hydroxylation is 1. The second-order valence-electron chi connectivity index (χ2n) is 3.91. The smallest absolute Gasteiger partial charge is 0.337 e. The lowest BCUT2D eigenvalue weighted by Gasteiger charge is -2.05. The predicted molar refractivity (Wildman–Crippen MR) is 69.3 cm³/mol. The number of nitrogens with zero attached hydrogens (tertiary/aromatic N) is 3. The zero-order valence-corrected chi connectivity index (χ0v) is 11.0. The molecule has 0 bridgehead atoms. The van der Waals surface area contributed by atoms with Crippen LogP contribution in [0.3, 0.4) is 0 Å². The van der Waals surface area contributed by atoms with Gasteiger partial charge in [0.25, 0.3) is 0 Å². The Morgan fingerprint density at radius 3 is 2.55 bits per heavy atom. The van der Waals surface area contributed by atoms with Gasteiger partial charge in [0.2, 0.25) is 0 Å². The summed E-state index contributed by atoms with van der Waals surface area (Å²) in [5.74, 6) is 0.0438. The molecule has 0 unspecified atom stereocenters.